The number of hydrogen-bond acceptors (Lipinski definition) is 2. The molecule has 3 rings (SSSR count). The van der Waals surface area contributed by atoms with Crippen molar-refractivity contribution in [2.75, 3.05) is 13.1 Å². The first-order valence-corrected chi connectivity index (χ1v) is 9.32. The molecule has 0 amide bonds. The first-order valence-electron chi connectivity index (χ1n) is 7.88. The number of nitrogens with zero attached hydrogens (tertiary/aromatic N) is 1. The van der Waals surface area contributed by atoms with Gasteiger partial charge >= 0.3 is 0 Å². The van der Waals surface area contributed by atoms with Crippen LogP contribution in [0, 0.1) is 12.8 Å². The Morgan fingerprint density at radius 3 is 2.33 bits per heavy atom. The molecule has 3 nitrogen and oxygen atoms in total. The number of sulfonamides is 1. The van der Waals surface area contributed by atoms with Crippen molar-refractivity contribution in [2.45, 2.75) is 11.8 Å². The molecule has 0 bridgehead atoms. The molecule has 124 valence electrons. The molecule has 1 aliphatic rings. The van der Waals surface area contributed by atoms with Crippen molar-refractivity contribution >= 4 is 15.6 Å². The Labute approximate surface area is 144 Å². The number of hydrogen-bond donors (Lipinski definition) is 0. The maximum atomic E-state index is 12.9. The van der Waals surface area contributed by atoms with E-state index in [9.17, 15) is 8.42 Å². The SMILES string of the molecule is C=C1CN(S(=O)(=O)c2ccc(C)cc2)CC1C(=C)c1ccccc1. The van der Waals surface area contributed by atoms with E-state index in [1.165, 1.54) is 4.31 Å². The molecule has 0 aromatic heterocycles. The van der Waals surface area contributed by atoms with Crippen LogP contribution < -0.4 is 0 Å². The predicted octanol–water partition coefficient (Wildman–Crippen LogP) is 3.89. The molecule has 1 fully saturated rings. The van der Waals surface area contributed by atoms with E-state index in [1.807, 2.05) is 49.4 Å². The molecule has 0 radical (unpaired) electrons. The van der Waals surface area contributed by atoms with E-state index in [0.717, 1.165) is 22.3 Å². The van der Waals surface area contributed by atoms with Gasteiger partial charge in [-0.25, -0.2) is 8.42 Å². The van der Waals surface area contributed by atoms with Crippen LogP contribution in [-0.4, -0.2) is 25.8 Å². The molecule has 24 heavy (non-hydrogen) atoms. The molecular formula is C20H21NO2S. The van der Waals surface area contributed by atoms with Crippen LogP contribution in [0.1, 0.15) is 11.1 Å². The van der Waals surface area contributed by atoms with E-state index in [1.54, 1.807) is 12.1 Å². The highest BCUT2D eigenvalue weighted by atomic mass is 32.2. The quantitative estimate of drug-likeness (QED) is 0.793. The summed E-state index contributed by atoms with van der Waals surface area (Å²) in [5, 5.41) is 0. The van der Waals surface area contributed by atoms with Crippen molar-refractivity contribution in [3.63, 3.8) is 0 Å². The molecular weight excluding hydrogens is 318 g/mol. The van der Waals surface area contributed by atoms with Crippen LogP contribution in [-0.2, 0) is 10.0 Å². The lowest BCUT2D eigenvalue weighted by Crippen LogP contribution is -2.29. The summed E-state index contributed by atoms with van der Waals surface area (Å²) >= 11 is 0. The summed E-state index contributed by atoms with van der Waals surface area (Å²) in [4.78, 5) is 0.326. The smallest absolute Gasteiger partial charge is 0.207 e. The van der Waals surface area contributed by atoms with Crippen molar-refractivity contribution in [3.05, 3.63) is 84.5 Å². The van der Waals surface area contributed by atoms with Crippen molar-refractivity contribution in [3.8, 4) is 0 Å². The fourth-order valence-corrected chi connectivity index (χ4v) is 4.45. The van der Waals surface area contributed by atoms with Crippen molar-refractivity contribution in [1.82, 2.24) is 4.31 Å². The fourth-order valence-electron chi connectivity index (χ4n) is 2.99. The van der Waals surface area contributed by atoms with Crippen molar-refractivity contribution < 1.29 is 8.42 Å². The molecule has 2 aromatic carbocycles. The molecule has 1 saturated heterocycles. The van der Waals surface area contributed by atoms with Gasteiger partial charge in [-0.2, -0.15) is 4.31 Å². The van der Waals surface area contributed by atoms with Crippen LogP contribution in [0.5, 0.6) is 0 Å². The van der Waals surface area contributed by atoms with E-state index < -0.39 is 10.0 Å². The third-order valence-electron chi connectivity index (χ3n) is 4.48. The van der Waals surface area contributed by atoms with Gasteiger partial charge in [0.2, 0.25) is 10.0 Å². The maximum absolute atomic E-state index is 12.9. The lowest BCUT2D eigenvalue weighted by molar-refractivity contribution is 0.473. The standard InChI is InChI=1S/C20H21NO2S/c1-15-9-11-19(12-10-15)24(22,23)21-13-16(2)20(14-21)17(3)18-7-5-4-6-8-18/h4-12,20H,2-3,13-14H2,1H3. The Bertz CT molecular complexity index is 868. The average Bonchev–Trinajstić information content (AvgIpc) is 2.98. The van der Waals surface area contributed by atoms with Crippen molar-refractivity contribution in [2.24, 2.45) is 5.92 Å². The zero-order valence-electron chi connectivity index (χ0n) is 13.8. The fraction of sp³-hybridized carbons (Fsp3) is 0.200. The Kier molecular flexibility index (Phi) is 4.43. The lowest BCUT2D eigenvalue weighted by Gasteiger charge is -2.17. The third-order valence-corrected chi connectivity index (χ3v) is 6.31. The second kappa shape index (κ2) is 6.38. The van der Waals surface area contributed by atoms with E-state index in [-0.39, 0.29) is 5.92 Å². The van der Waals surface area contributed by atoms with Crippen LogP contribution in [0.4, 0.5) is 0 Å². The monoisotopic (exact) mass is 339 g/mol. The van der Waals surface area contributed by atoms with E-state index in [0.29, 0.717) is 18.0 Å². The zero-order chi connectivity index (χ0) is 17.3. The second-order valence-electron chi connectivity index (χ2n) is 6.21. The molecule has 0 N–H and O–H groups in total. The van der Waals surface area contributed by atoms with Gasteiger partial charge in [-0.05, 0) is 30.2 Å². The van der Waals surface area contributed by atoms with E-state index >= 15 is 0 Å². The van der Waals surface area contributed by atoms with Gasteiger partial charge in [0.25, 0.3) is 0 Å². The van der Waals surface area contributed by atoms with Crippen LogP contribution in [0.3, 0.4) is 0 Å². The first-order chi connectivity index (χ1) is 11.4. The van der Waals surface area contributed by atoms with Crippen LogP contribution in [0.2, 0.25) is 0 Å². The molecule has 0 spiro atoms. The third kappa shape index (κ3) is 3.07. The number of benzene rings is 2. The predicted molar refractivity (Wildman–Crippen MR) is 98.0 cm³/mol. The second-order valence-corrected chi connectivity index (χ2v) is 8.15. The largest absolute Gasteiger partial charge is 0.243 e. The summed E-state index contributed by atoms with van der Waals surface area (Å²) in [5.41, 5.74) is 3.87. The van der Waals surface area contributed by atoms with Crippen LogP contribution >= 0.6 is 0 Å². The summed E-state index contributed by atoms with van der Waals surface area (Å²) in [6.07, 6.45) is 0. The summed E-state index contributed by atoms with van der Waals surface area (Å²) in [5.74, 6) is -0.0485. The van der Waals surface area contributed by atoms with Crippen LogP contribution in [0.25, 0.3) is 5.57 Å². The molecule has 1 aliphatic heterocycles. The molecule has 0 saturated carbocycles. The summed E-state index contributed by atoms with van der Waals surface area (Å²) in [7, 11) is -3.51. The topological polar surface area (TPSA) is 37.4 Å². The number of aryl methyl sites for hydroxylation is 1. The highest BCUT2D eigenvalue weighted by molar-refractivity contribution is 7.89. The minimum Gasteiger partial charge on any atom is -0.207 e. The van der Waals surface area contributed by atoms with Gasteiger partial charge in [0.05, 0.1) is 4.90 Å². The van der Waals surface area contributed by atoms with Crippen molar-refractivity contribution in [1.29, 1.82) is 0 Å². The Balaban J connectivity index is 1.84. The van der Waals surface area contributed by atoms with E-state index in [4.69, 9.17) is 0 Å². The van der Waals surface area contributed by atoms with Gasteiger partial charge in [-0.1, -0.05) is 66.8 Å². The van der Waals surface area contributed by atoms with Gasteiger partial charge < -0.3 is 0 Å². The number of rotatable bonds is 4. The van der Waals surface area contributed by atoms with Gasteiger partial charge in [0.15, 0.2) is 0 Å². The van der Waals surface area contributed by atoms with E-state index in [2.05, 4.69) is 13.2 Å². The normalized spacial score (nSPS) is 18.7. The Morgan fingerprint density at radius 2 is 1.71 bits per heavy atom. The summed E-state index contributed by atoms with van der Waals surface area (Å²) in [6, 6.07) is 16.8. The molecule has 2 aromatic rings. The highest BCUT2D eigenvalue weighted by Gasteiger charge is 2.36. The zero-order valence-corrected chi connectivity index (χ0v) is 14.6. The molecule has 0 aliphatic carbocycles. The van der Waals surface area contributed by atoms with Crippen LogP contribution in [0.15, 0.2) is 78.2 Å². The average molecular weight is 339 g/mol. The molecule has 1 unspecified atom stereocenters. The van der Waals surface area contributed by atoms with Gasteiger partial charge in [0, 0.05) is 19.0 Å². The summed E-state index contributed by atoms with van der Waals surface area (Å²) in [6.45, 7) is 10.9. The van der Waals surface area contributed by atoms with Gasteiger partial charge in [-0.3, -0.25) is 0 Å². The molecule has 4 heteroatoms. The maximum Gasteiger partial charge on any atom is 0.243 e. The Morgan fingerprint density at radius 1 is 1.08 bits per heavy atom. The first kappa shape index (κ1) is 16.7. The highest BCUT2D eigenvalue weighted by Crippen LogP contribution is 2.35. The summed E-state index contributed by atoms with van der Waals surface area (Å²) < 4.78 is 27.2. The van der Waals surface area contributed by atoms with Gasteiger partial charge in [-0.15, -0.1) is 0 Å². The minimum atomic E-state index is -3.51. The molecule has 1 heterocycles. The minimum absolute atomic E-state index is 0.0485. The lowest BCUT2D eigenvalue weighted by atomic mass is 9.91. The van der Waals surface area contributed by atoms with Gasteiger partial charge in [0.1, 0.15) is 0 Å². The molecule has 1 atom stereocenters. The Hall–Kier alpha value is -2.17.